The first-order chi connectivity index (χ1) is 15.0. The molecule has 0 fully saturated rings. The summed E-state index contributed by atoms with van der Waals surface area (Å²) in [6, 6.07) is 21.4. The maximum absolute atomic E-state index is 13.1. The van der Waals surface area contributed by atoms with Crippen LogP contribution in [0.1, 0.15) is 22.0 Å². The number of methoxy groups -OCH3 is 1. The molecule has 1 amide bonds. The van der Waals surface area contributed by atoms with Crippen molar-refractivity contribution in [3.05, 3.63) is 84.1 Å². The van der Waals surface area contributed by atoms with E-state index in [-0.39, 0.29) is 11.9 Å². The van der Waals surface area contributed by atoms with Gasteiger partial charge in [0.05, 0.1) is 24.9 Å². The molecule has 1 unspecified atom stereocenters. The minimum Gasteiger partial charge on any atom is -0.497 e. The highest BCUT2D eigenvalue weighted by Crippen LogP contribution is 2.25. The van der Waals surface area contributed by atoms with E-state index in [1.807, 2.05) is 74.8 Å². The van der Waals surface area contributed by atoms with Crippen molar-refractivity contribution in [1.29, 1.82) is 0 Å². The number of aromatic amines is 1. The monoisotopic (exact) mass is 414 g/mol. The molecule has 0 radical (unpaired) electrons. The lowest BCUT2D eigenvalue weighted by atomic mass is 10.0. The van der Waals surface area contributed by atoms with E-state index in [4.69, 9.17) is 4.74 Å². The average Bonchev–Trinajstić information content (AvgIpc) is 3.26. The Balaban J connectivity index is 1.59. The predicted molar refractivity (Wildman–Crippen MR) is 123 cm³/mol. The number of benzene rings is 3. The lowest BCUT2D eigenvalue weighted by molar-refractivity contribution is 0.0930. The van der Waals surface area contributed by atoms with Crippen LogP contribution in [-0.4, -0.2) is 48.8 Å². The van der Waals surface area contributed by atoms with Gasteiger partial charge in [0.2, 0.25) is 0 Å². The maximum Gasteiger partial charge on any atom is 0.251 e. The summed E-state index contributed by atoms with van der Waals surface area (Å²) in [4.78, 5) is 15.2. The molecular formula is C25H26N4O2. The summed E-state index contributed by atoms with van der Waals surface area (Å²) in [6.45, 7) is 0.676. The van der Waals surface area contributed by atoms with Crippen molar-refractivity contribution in [2.75, 3.05) is 27.7 Å². The van der Waals surface area contributed by atoms with Crippen molar-refractivity contribution in [3.63, 3.8) is 0 Å². The molecule has 4 aromatic rings. The molecule has 0 bridgehead atoms. The van der Waals surface area contributed by atoms with Gasteiger partial charge in [0.25, 0.3) is 5.91 Å². The Labute approximate surface area is 181 Å². The van der Waals surface area contributed by atoms with Gasteiger partial charge in [0, 0.05) is 17.5 Å². The van der Waals surface area contributed by atoms with Gasteiger partial charge < -0.3 is 15.0 Å². The number of ether oxygens (including phenoxy) is 1. The highest BCUT2D eigenvalue weighted by molar-refractivity contribution is 5.96. The number of fused-ring (bicyclic) bond motifs is 1. The molecule has 6 heteroatoms. The van der Waals surface area contributed by atoms with Crippen LogP contribution in [-0.2, 0) is 0 Å². The molecule has 31 heavy (non-hydrogen) atoms. The average molecular weight is 415 g/mol. The first kappa shape index (κ1) is 20.6. The molecule has 0 aliphatic rings. The minimum atomic E-state index is -0.163. The quantitative estimate of drug-likeness (QED) is 0.474. The molecule has 1 heterocycles. The fourth-order valence-corrected chi connectivity index (χ4v) is 3.66. The Bertz CT molecular complexity index is 1200. The van der Waals surface area contributed by atoms with E-state index in [1.54, 1.807) is 13.3 Å². The summed E-state index contributed by atoms with van der Waals surface area (Å²) in [6.07, 6.45) is 1.80. The first-order valence-electron chi connectivity index (χ1n) is 10.2. The van der Waals surface area contributed by atoms with Gasteiger partial charge in [-0.1, -0.05) is 30.3 Å². The number of H-pyrrole nitrogens is 1. The van der Waals surface area contributed by atoms with Crippen LogP contribution in [0.3, 0.4) is 0 Å². The van der Waals surface area contributed by atoms with Crippen LogP contribution >= 0.6 is 0 Å². The Kier molecular flexibility index (Phi) is 6.00. The van der Waals surface area contributed by atoms with Crippen LogP contribution in [0.15, 0.2) is 72.9 Å². The third-order valence-corrected chi connectivity index (χ3v) is 5.25. The second-order valence-corrected chi connectivity index (χ2v) is 7.82. The molecule has 0 aliphatic heterocycles. The van der Waals surface area contributed by atoms with Crippen molar-refractivity contribution < 1.29 is 9.53 Å². The first-order valence-corrected chi connectivity index (χ1v) is 10.2. The van der Waals surface area contributed by atoms with Gasteiger partial charge in [-0.05, 0) is 67.2 Å². The third-order valence-electron chi connectivity index (χ3n) is 5.25. The number of nitrogens with zero attached hydrogens (tertiary/aromatic N) is 2. The highest BCUT2D eigenvalue weighted by Gasteiger charge is 2.18. The van der Waals surface area contributed by atoms with Gasteiger partial charge in [-0.2, -0.15) is 5.10 Å². The maximum atomic E-state index is 13.1. The largest absolute Gasteiger partial charge is 0.497 e. The summed E-state index contributed by atoms with van der Waals surface area (Å²) in [5.74, 6) is 0.660. The number of hydrogen-bond acceptors (Lipinski definition) is 4. The molecule has 0 saturated heterocycles. The molecule has 0 spiro atoms. The van der Waals surface area contributed by atoms with Crippen LogP contribution < -0.4 is 10.1 Å². The van der Waals surface area contributed by atoms with E-state index >= 15 is 0 Å². The van der Waals surface area contributed by atoms with Crippen LogP contribution in [0.25, 0.3) is 22.0 Å². The van der Waals surface area contributed by atoms with E-state index < -0.39 is 0 Å². The molecule has 1 aromatic heterocycles. The molecule has 6 nitrogen and oxygen atoms in total. The zero-order chi connectivity index (χ0) is 21.8. The van der Waals surface area contributed by atoms with Crippen LogP contribution in [0.2, 0.25) is 0 Å². The van der Waals surface area contributed by atoms with Crippen LogP contribution in [0.5, 0.6) is 5.75 Å². The smallest absolute Gasteiger partial charge is 0.251 e. The van der Waals surface area contributed by atoms with E-state index in [1.165, 1.54) is 0 Å². The minimum absolute atomic E-state index is 0.110. The van der Waals surface area contributed by atoms with Crippen molar-refractivity contribution in [1.82, 2.24) is 20.4 Å². The number of rotatable bonds is 7. The number of nitrogens with one attached hydrogen (secondary N) is 2. The van der Waals surface area contributed by atoms with Gasteiger partial charge in [-0.25, -0.2) is 0 Å². The molecule has 158 valence electrons. The second-order valence-electron chi connectivity index (χ2n) is 7.82. The Hall–Kier alpha value is -3.64. The number of hydrogen-bond donors (Lipinski definition) is 2. The summed E-state index contributed by atoms with van der Waals surface area (Å²) in [5.41, 5.74) is 4.64. The summed E-state index contributed by atoms with van der Waals surface area (Å²) < 4.78 is 5.36. The number of aromatic nitrogens is 2. The van der Waals surface area contributed by atoms with Gasteiger partial charge >= 0.3 is 0 Å². The van der Waals surface area contributed by atoms with Gasteiger partial charge in [0.15, 0.2) is 0 Å². The SMILES string of the molecule is COc1cccc(C(CN(C)C)NC(=O)c2cccc(-c3ccc4[nH]ncc4c3)c2)c1. The van der Waals surface area contributed by atoms with Gasteiger partial charge in [0.1, 0.15) is 5.75 Å². The number of carbonyl (C=O) groups excluding carboxylic acids is 1. The van der Waals surface area contributed by atoms with E-state index in [0.717, 1.165) is 33.3 Å². The van der Waals surface area contributed by atoms with Gasteiger partial charge in [-0.3, -0.25) is 9.89 Å². The topological polar surface area (TPSA) is 70.2 Å². The van der Waals surface area contributed by atoms with E-state index in [0.29, 0.717) is 12.1 Å². The molecule has 4 rings (SSSR count). The normalized spacial score (nSPS) is 12.1. The number of carbonyl (C=O) groups is 1. The molecule has 0 saturated carbocycles. The van der Waals surface area contributed by atoms with Gasteiger partial charge in [-0.15, -0.1) is 0 Å². The Morgan fingerprint density at radius 2 is 1.87 bits per heavy atom. The lowest BCUT2D eigenvalue weighted by Crippen LogP contribution is -2.35. The summed E-state index contributed by atoms with van der Waals surface area (Å²) >= 11 is 0. The van der Waals surface area contributed by atoms with Crippen LogP contribution in [0, 0.1) is 0 Å². The molecular weight excluding hydrogens is 388 g/mol. The molecule has 0 aliphatic carbocycles. The fraction of sp³-hybridized carbons (Fsp3) is 0.200. The molecule has 2 N–H and O–H groups in total. The van der Waals surface area contributed by atoms with E-state index in [9.17, 15) is 4.79 Å². The summed E-state index contributed by atoms with van der Waals surface area (Å²) in [7, 11) is 5.63. The van der Waals surface area contributed by atoms with Crippen molar-refractivity contribution >= 4 is 16.8 Å². The van der Waals surface area contributed by atoms with Crippen molar-refractivity contribution in [2.24, 2.45) is 0 Å². The molecule has 1 atom stereocenters. The second kappa shape index (κ2) is 9.02. The predicted octanol–water partition coefficient (Wildman–Crippen LogP) is 4.27. The van der Waals surface area contributed by atoms with Crippen molar-refractivity contribution in [3.8, 4) is 16.9 Å². The van der Waals surface area contributed by atoms with E-state index in [2.05, 4.69) is 26.5 Å². The zero-order valence-corrected chi connectivity index (χ0v) is 17.9. The number of amides is 1. The van der Waals surface area contributed by atoms with Crippen molar-refractivity contribution in [2.45, 2.75) is 6.04 Å². The Morgan fingerprint density at radius 1 is 1.06 bits per heavy atom. The third kappa shape index (κ3) is 4.75. The fourth-order valence-electron chi connectivity index (χ4n) is 3.66. The number of likely N-dealkylation sites (N-methyl/N-ethyl adjacent to an activating group) is 1. The Morgan fingerprint density at radius 3 is 2.68 bits per heavy atom. The highest BCUT2D eigenvalue weighted by atomic mass is 16.5. The molecule has 3 aromatic carbocycles. The summed E-state index contributed by atoms with van der Waals surface area (Å²) in [5, 5.41) is 11.3. The zero-order valence-electron chi connectivity index (χ0n) is 17.9. The lowest BCUT2D eigenvalue weighted by Gasteiger charge is -2.23. The standard InChI is InChI=1S/C25H26N4O2/c1-29(2)16-24(19-7-5-9-22(14-19)31-3)27-25(30)20-8-4-6-17(12-20)18-10-11-23-21(13-18)15-26-28-23/h4-15,24H,16H2,1-3H3,(H,26,28)(H,27,30). The van der Waals surface area contributed by atoms with Crippen LogP contribution in [0.4, 0.5) is 0 Å².